The summed E-state index contributed by atoms with van der Waals surface area (Å²) in [6.07, 6.45) is 0.701. The first-order valence-electron chi connectivity index (χ1n) is 7.30. The predicted octanol–water partition coefficient (Wildman–Crippen LogP) is 3.07. The number of phenols is 1. The number of hydrogen-bond donors (Lipinski definition) is 1. The van der Waals surface area contributed by atoms with Crippen LogP contribution in [0.25, 0.3) is 22.3 Å². The van der Waals surface area contributed by atoms with Gasteiger partial charge in [-0.05, 0) is 12.1 Å². The van der Waals surface area contributed by atoms with Gasteiger partial charge in [-0.2, -0.15) is 0 Å². The van der Waals surface area contributed by atoms with Crippen molar-refractivity contribution in [3.8, 4) is 28.0 Å². The first-order valence-corrected chi connectivity index (χ1v) is 7.30. The highest BCUT2D eigenvalue weighted by Crippen LogP contribution is 2.42. The molecule has 2 aliphatic rings. The van der Waals surface area contributed by atoms with Crippen LogP contribution >= 0.6 is 0 Å². The molecule has 0 saturated heterocycles. The fourth-order valence-corrected chi connectivity index (χ4v) is 3.40. The number of benzene rings is 3. The molecule has 4 heteroatoms. The number of nitrogens with zero attached hydrogens (tertiary/aromatic N) is 2. The van der Waals surface area contributed by atoms with E-state index in [-0.39, 0.29) is 11.3 Å². The lowest BCUT2D eigenvalue weighted by Gasteiger charge is -2.08. The third-order valence-corrected chi connectivity index (χ3v) is 4.39. The van der Waals surface area contributed by atoms with Crippen LogP contribution in [0.3, 0.4) is 0 Å². The highest BCUT2D eigenvalue weighted by Gasteiger charge is 2.28. The quantitative estimate of drug-likeness (QED) is 0.483. The van der Waals surface area contributed by atoms with Gasteiger partial charge < -0.3 is 5.11 Å². The van der Waals surface area contributed by atoms with Gasteiger partial charge in [0, 0.05) is 16.7 Å². The zero-order valence-electron chi connectivity index (χ0n) is 11.9. The molecule has 0 atom stereocenters. The lowest BCUT2D eigenvalue weighted by atomic mass is 9.94. The standard InChI is InChI=1S/C19H10N2O2/c22-9-12-15-10-5-1-3-7-13(10)20-17(15)18-16(19(12)23)11-6-2-4-8-14(11)21-18/h1-9,23H. The number of aromatic hydroxyl groups is 1. The molecule has 3 aromatic rings. The summed E-state index contributed by atoms with van der Waals surface area (Å²) in [4.78, 5) is 21.0. The summed E-state index contributed by atoms with van der Waals surface area (Å²) in [5, 5.41) is 12.0. The SMILES string of the molecule is O=Cc1c(O)c2c(c3c1-c1ccccc1N=3)=Nc1ccccc1-2. The molecule has 0 amide bonds. The Labute approximate surface area is 131 Å². The maximum absolute atomic E-state index is 11.7. The van der Waals surface area contributed by atoms with Gasteiger partial charge in [0.2, 0.25) is 0 Å². The van der Waals surface area contributed by atoms with E-state index >= 15 is 0 Å². The van der Waals surface area contributed by atoms with Crippen LogP contribution in [0.15, 0.2) is 58.5 Å². The van der Waals surface area contributed by atoms with Gasteiger partial charge in [0.1, 0.15) is 11.1 Å². The normalized spacial score (nSPS) is 12.5. The van der Waals surface area contributed by atoms with Crippen molar-refractivity contribution in [3.63, 3.8) is 0 Å². The third-order valence-electron chi connectivity index (χ3n) is 4.39. The van der Waals surface area contributed by atoms with Gasteiger partial charge in [-0.1, -0.05) is 36.4 Å². The summed E-state index contributed by atoms with van der Waals surface area (Å²) in [7, 11) is 0. The number of hydrogen-bond acceptors (Lipinski definition) is 4. The summed E-state index contributed by atoms with van der Waals surface area (Å²) in [5.74, 6) is -0.0191. The maximum Gasteiger partial charge on any atom is 0.154 e. The number of carbonyl (C=O) groups is 1. The van der Waals surface area contributed by atoms with Crippen LogP contribution in [-0.4, -0.2) is 11.4 Å². The first kappa shape index (κ1) is 12.3. The molecule has 1 N–H and O–H groups in total. The van der Waals surface area contributed by atoms with Crippen molar-refractivity contribution in [3.05, 3.63) is 64.8 Å². The van der Waals surface area contributed by atoms with Crippen molar-refractivity contribution < 1.29 is 9.90 Å². The number of fused-ring (bicyclic) bond motifs is 7. The van der Waals surface area contributed by atoms with E-state index in [1.54, 1.807) is 0 Å². The Morgan fingerprint density at radius 3 is 1.91 bits per heavy atom. The zero-order valence-corrected chi connectivity index (χ0v) is 11.9. The number of phenolic OH excluding ortho intramolecular Hbond substituents is 1. The number of para-hydroxylation sites is 2. The molecule has 0 unspecified atom stereocenters. The highest BCUT2D eigenvalue weighted by atomic mass is 16.3. The minimum atomic E-state index is -0.0191. The predicted molar refractivity (Wildman–Crippen MR) is 86.0 cm³/mol. The van der Waals surface area contributed by atoms with Gasteiger partial charge >= 0.3 is 0 Å². The lowest BCUT2D eigenvalue weighted by molar-refractivity contribution is 0.112. The summed E-state index contributed by atoms with van der Waals surface area (Å²) in [6, 6.07) is 15.2. The first-order chi connectivity index (χ1) is 11.3. The fraction of sp³-hybridized carbons (Fsp3) is 0. The molecule has 0 saturated carbocycles. The molecule has 0 aliphatic carbocycles. The van der Waals surface area contributed by atoms with Gasteiger partial charge in [-0.25, -0.2) is 9.98 Å². The minimum Gasteiger partial charge on any atom is -0.506 e. The Hall–Kier alpha value is -3.27. The second-order valence-corrected chi connectivity index (χ2v) is 5.59. The molecule has 23 heavy (non-hydrogen) atoms. The molecule has 0 fully saturated rings. The van der Waals surface area contributed by atoms with Gasteiger partial charge in [0.15, 0.2) is 6.29 Å². The maximum atomic E-state index is 11.7. The number of aldehydes is 1. The average Bonchev–Trinajstić information content (AvgIpc) is 3.14. The molecule has 0 radical (unpaired) electrons. The van der Waals surface area contributed by atoms with Crippen LogP contribution < -0.4 is 10.7 Å². The summed E-state index contributed by atoms with van der Waals surface area (Å²) in [6.45, 7) is 0. The Kier molecular flexibility index (Phi) is 2.21. The van der Waals surface area contributed by atoms with Crippen LogP contribution in [0.1, 0.15) is 10.4 Å². The number of carbonyl (C=O) groups excluding carboxylic acids is 1. The second kappa shape index (κ2) is 4.14. The molecule has 0 spiro atoms. The minimum absolute atomic E-state index is 0.0191. The Morgan fingerprint density at radius 2 is 1.30 bits per heavy atom. The van der Waals surface area contributed by atoms with Gasteiger partial charge in [0.25, 0.3) is 0 Å². The topological polar surface area (TPSA) is 62.0 Å². The van der Waals surface area contributed by atoms with E-state index < -0.39 is 0 Å². The summed E-state index contributed by atoms with van der Waals surface area (Å²) in [5.41, 5.74) is 4.81. The molecule has 4 nitrogen and oxygen atoms in total. The molecule has 3 aromatic carbocycles. The summed E-state index contributed by atoms with van der Waals surface area (Å²) >= 11 is 0. The van der Waals surface area contributed by atoms with Crippen molar-refractivity contribution in [1.82, 2.24) is 0 Å². The van der Waals surface area contributed by atoms with E-state index in [4.69, 9.17) is 0 Å². The van der Waals surface area contributed by atoms with Crippen LogP contribution in [0, 0.1) is 0 Å². The van der Waals surface area contributed by atoms with E-state index in [1.165, 1.54) is 0 Å². The van der Waals surface area contributed by atoms with E-state index in [0.717, 1.165) is 22.5 Å². The van der Waals surface area contributed by atoms with Crippen molar-refractivity contribution in [1.29, 1.82) is 0 Å². The molecule has 0 aromatic heterocycles. The lowest BCUT2D eigenvalue weighted by Crippen LogP contribution is -2.27. The van der Waals surface area contributed by atoms with Crippen LogP contribution in [0.4, 0.5) is 11.4 Å². The molecular formula is C19H10N2O2. The van der Waals surface area contributed by atoms with Crippen molar-refractivity contribution >= 4 is 17.7 Å². The van der Waals surface area contributed by atoms with E-state index in [1.807, 2.05) is 48.5 Å². The van der Waals surface area contributed by atoms with Gasteiger partial charge in [-0.15, -0.1) is 0 Å². The molecule has 2 heterocycles. The van der Waals surface area contributed by atoms with Crippen LogP contribution in [0.5, 0.6) is 5.75 Å². The monoisotopic (exact) mass is 298 g/mol. The smallest absolute Gasteiger partial charge is 0.154 e. The third kappa shape index (κ3) is 1.42. The summed E-state index contributed by atoms with van der Waals surface area (Å²) < 4.78 is 0. The number of rotatable bonds is 1. The van der Waals surface area contributed by atoms with Crippen molar-refractivity contribution in [2.75, 3.05) is 0 Å². The van der Waals surface area contributed by atoms with Crippen LogP contribution in [-0.2, 0) is 0 Å². The van der Waals surface area contributed by atoms with E-state index in [2.05, 4.69) is 9.98 Å². The highest BCUT2D eigenvalue weighted by molar-refractivity contribution is 5.99. The van der Waals surface area contributed by atoms with E-state index in [0.29, 0.717) is 28.1 Å². The largest absolute Gasteiger partial charge is 0.506 e. The van der Waals surface area contributed by atoms with Crippen molar-refractivity contribution in [2.24, 2.45) is 9.98 Å². The molecular weight excluding hydrogens is 288 g/mol. The molecule has 5 rings (SSSR count). The molecule has 2 aliphatic heterocycles. The molecule has 108 valence electrons. The zero-order chi connectivity index (χ0) is 15.6. The van der Waals surface area contributed by atoms with Gasteiger partial charge in [0.05, 0.1) is 27.9 Å². The van der Waals surface area contributed by atoms with Gasteiger partial charge in [-0.3, -0.25) is 4.79 Å². The Bertz CT molecular complexity index is 1150. The molecule has 0 bridgehead atoms. The van der Waals surface area contributed by atoms with Crippen LogP contribution in [0.2, 0.25) is 0 Å². The van der Waals surface area contributed by atoms with Crippen molar-refractivity contribution in [2.45, 2.75) is 0 Å². The second-order valence-electron chi connectivity index (χ2n) is 5.59. The average molecular weight is 298 g/mol. The Morgan fingerprint density at radius 1 is 0.783 bits per heavy atom. The fourth-order valence-electron chi connectivity index (χ4n) is 3.40. The van der Waals surface area contributed by atoms with E-state index in [9.17, 15) is 9.90 Å². The Balaban J connectivity index is 2.03.